The molecule has 0 unspecified atom stereocenters. The number of hydrogen-bond acceptors (Lipinski definition) is 3. The Hall–Kier alpha value is -2.08. The average Bonchev–Trinajstić information content (AvgIpc) is 2.70. The van der Waals surface area contributed by atoms with Crippen molar-refractivity contribution < 1.29 is 0 Å². The summed E-state index contributed by atoms with van der Waals surface area (Å²) >= 11 is 6.22. The van der Waals surface area contributed by atoms with E-state index in [4.69, 9.17) is 11.6 Å². The molecule has 0 saturated heterocycles. The lowest BCUT2D eigenvalue weighted by molar-refractivity contribution is 0.708. The molecule has 7 heteroatoms. The third-order valence-electron chi connectivity index (χ3n) is 3.79. The minimum absolute atomic E-state index is 0.289. The zero-order valence-electron chi connectivity index (χ0n) is 11.5. The summed E-state index contributed by atoms with van der Waals surface area (Å²) in [6.07, 6.45) is 0. The zero-order chi connectivity index (χ0) is 14.8. The van der Waals surface area contributed by atoms with Gasteiger partial charge in [0.2, 0.25) is 0 Å². The maximum absolute atomic E-state index is 12.4. The van der Waals surface area contributed by atoms with Crippen molar-refractivity contribution in [2.75, 3.05) is 0 Å². The Bertz CT molecular complexity index is 994. The van der Waals surface area contributed by atoms with E-state index in [1.165, 1.54) is 11.6 Å². The molecule has 0 saturated carbocycles. The molecule has 3 aromatic heterocycles. The molecule has 0 amide bonds. The molecule has 0 spiro atoms. The standard InChI is InChI=1S/C13H13ClN4O2/c1-5-6(2)15-9-7(5)10(14)16-11-8(9)12(19)18(4)13(20)17(11)3/h15H,1-4H3. The molecule has 6 nitrogen and oxygen atoms in total. The van der Waals surface area contributed by atoms with E-state index in [-0.39, 0.29) is 16.4 Å². The molecule has 3 aromatic rings. The number of nitrogens with one attached hydrogen (secondary N) is 1. The minimum Gasteiger partial charge on any atom is -0.358 e. The summed E-state index contributed by atoms with van der Waals surface area (Å²) in [5.41, 5.74) is 1.99. The third-order valence-corrected chi connectivity index (χ3v) is 4.07. The van der Waals surface area contributed by atoms with E-state index in [1.807, 2.05) is 13.8 Å². The van der Waals surface area contributed by atoms with Crippen LogP contribution in [0.4, 0.5) is 0 Å². The van der Waals surface area contributed by atoms with Gasteiger partial charge in [0, 0.05) is 25.2 Å². The van der Waals surface area contributed by atoms with Crippen LogP contribution in [0.1, 0.15) is 11.3 Å². The van der Waals surface area contributed by atoms with Gasteiger partial charge in [-0.05, 0) is 19.4 Å². The number of pyridine rings is 1. The van der Waals surface area contributed by atoms with E-state index in [0.717, 1.165) is 21.2 Å². The van der Waals surface area contributed by atoms with Crippen molar-refractivity contribution >= 4 is 33.5 Å². The summed E-state index contributed by atoms with van der Waals surface area (Å²) in [7, 11) is 3.02. The molecule has 0 radical (unpaired) electrons. The number of fused-ring (bicyclic) bond motifs is 3. The Labute approximate surface area is 118 Å². The molecule has 0 aliphatic rings. The lowest BCUT2D eigenvalue weighted by Crippen LogP contribution is -2.37. The van der Waals surface area contributed by atoms with Crippen molar-refractivity contribution in [3.63, 3.8) is 0 Å². The topological polar surface area (TPSA) is 72.7 Å². The molecule has 0 atom stereocenters. The summed E-state index contributed by atoms with van der Waals surface area (Å²) in [6.45, 7) is 3.82. The summed E-state index contributed by atoms with van der Waals surface area (Å²) in [5, 5.41) is 1.40. The van der Waals surface area contributed by atoms with Crippen LogP contribution in [-0.2, 0) is 14.1 Å². The van der Waals surface area contributed by atoms with Gasteiger partial charge in [-0.3, -0.25) is 13.9 Å². The van der Waals surface area contributed by atoms with Crippen LogP contribution in [0.5, 0.6) is 0 Å². The van der Waals surface area contributed by atoms with E-state index in [2.05, 4.69) is 9.97 Å². The largest absolute Gasteiger partial charge is 0.358 e. The van der Waals surface area contributed by atoms with Gasteiger partial charge in [-0.25, -0.2) is 9.78 Å². The van der Waals surface area contributed by atoms with Crippen molar-refractivity contribution in [2.45, 2.75) is 13.8 Å². The van der Waals surface area contributed by atoms with Crippen LogP contribution in [0.3, 0.4) is 0 Å². The second-order valence-electron chi connectivity index (χ2n) is 4.93. The number of hydrogen-bond donors (Lipinski definition) is 1. The van der Waals surface area contributed by atoms with E-state index in [1.54, 1.807) is 7.05 Å². The van der Waals surface area contributed by atoms with Crippen LogP contribution in [0, 0.1) is 13.8 Å². The highest BCUT2D eigenvalue weighted by Crippen LogP contribution is 2.30. The van der Waals surface area contributed by atoms with Gasteiger partial charge in [-0.2, -0.15) is 0 Å². The smallest absolute Gasteiger partial charge is 0.332 e. The first-order valence-corrected chi connectivity index (χ1v) is 6.46. The van der Waals surface area contributed by atoms with E-state index in [0.29, 0.717) is 10.9 Å². The summed E-state index contributed by atoms with van der Waals surface area (Å²) in [4.78, 5) is 31.8. The highest BCUT2D eigenvalue weighted by atomic mass is 35.5. The maximum Gasteiger partial charge on any atom is 0.332 e. The highest BCUT2D eigenvalue weighted by Gasteiger charge is 2.19. The molecule has 1 N–H and O–H groups in total. The van der Waals surface area contributed by atoms with Gasteiger partial charge in [-0.15, -0.1) is 0 Å². The van der Waals surface area contributed by atoms with Crippen molar-refractivity contribution in [1.82, 2.24) is 19.1 Å². The van der Waals surface area contributed by atoms with E-state index < -0.39 is 5.69 Å². The van der Waals surface area contributed by atoms with Crippen molar-refractivity contribution in [2.24, 2.45) is 14.1 Å². The Morgan fingerprint density at radius 3 is 2.40 bits per heavy atom. The molecule has 104 valence electrons. The number of H-pyrrole nitrogens is 1. The minimum atomic E-state index is -0.426. The molecule has 0 bridgehead atoms. The first-order valence-electron chi connectivity index (χ1n) is 6.08. The number of nitrogens with zero attached hydrogens (tertiary/aromatic N) is 3. The van der Waals surface area contributed by atoms with Crippen LogP contribution in [-0.4, -0.2) is 19.1 Å². The monoisotopic (exact) mass is 292 g/mol. The molecule has 0 aliphatic heterocycles. The summed E-state index contributed by atoms with van der Waals surface area (Å²) in [5.74, 6) is 0. The van der Waals surface area contributed by atoms with Crippen LogP contribution >= 0.6 is 11.6 Å². The van der Waals surface area contributed by atoms with Crippen molar-refractivity contribution in [3.8, 4) is 0 Å². The van der Waals surface area contributed by atoms with Crippen molar-refractivity contribution in [3.05, 3.63) is 37.2 Å². The second kappa shape index (κ2) is 3.96. The van der Waals surface area contributed by atoms with Gasteiger partial charge < -0.3 is 4.98 Å². The van der Waals surface area contributed by atoms with Gasteiger partial charge >= 0.3 is 5.69 Å². The summed E-state index contributed by atoms with van der Waals surface area (Å²) < 4.78 is 2.40. The number of rotatable bonds is 0. The van der Waals surface area contributed by atoms with Gasteiger partial charge in [0.15, 0.2) is 5.65 Å². The van der Waals surface area contributed by atoms with Crippen LogP contribution < -0.4 is 11.2 Å². The predicted molar refractivity (Wildman–Crippen MR) is 78.6 cm³/mol. The molecular weight excluding hydrogens is 280 g/mol. The Morgan fingerprint density at radius 1 is 1.10 bits per heavy atom. The number of aryl methyl sites for hydroxylation is 3. The average molecular weight is 293 g/mol. The predicted octanol–water partition coefficient (Wildman–Crippen LogP) is 1.38. The normalized spacial score (nSPS) is 11.7. The Morgan fingerprint density at radius 2 is 1.75 bits per heavy atom. The molecule has 20 heavy (non-hydrogen) atoms. The number of aromatic amines is 1. The number of aromatic nitrogens is 4. The Kier molecular flexibility index (Phi) is 2.56. The molecule has 3 rings (SSSR count). The Balaban J connectivity index is 2.79. The van der Waals surface area contributed by atoms with Gasteiger partial charge in [0.05, 0.1) is 5.52 Å². The van der Waals surface area contributed by atoms with Gasteiger partial charge in [0.1, 0.15) is 10.5 Å². The number of halogens is 1. The zero-order valence-corrected chi connectivity index (χ0v) is 12.3. The maximum atomic E-state index is 12.4. The quantitative estimate of drug-likeness (QED) is 0.636. The van der Waals surface area contributed by atoms with E-state index in [9.17, 15) is 9.59 Å². The van der Waals surface area contributed by atoms with Crippen LogP contribution in [0.15, 0.2) is 9.59 Å². The first kappa shape index (κ1) is 12.9. The third kappa shape index (κ3) is 1.42. The fourth-order valence-electron chi connectivity index (χ4n) is 2.50. The van der Waals surface area contributed by atoms with E-state index >= 15 is 0 Å². The second-order valence-corrected chi connectivity index (χ2v) is 5.29. The highest BCUT2D eigenvalue weighted by molar-refractivity contribution is 6.35. The fourth-order valence-corrected chi connectivity index (χ4v) is 2.81. The lowest BCUT2D eigenvalue weighted by Gasteiger charge is -2.08. The fraction of sp³-hybridized carbons (Fsp3) is 0.308. The van der Waals surface area contributed by atoms with Crippen LogP contribution in [0.2, 0.25) is 5.15 Å². The SMILES string of the molecule is Cc1[nH]c2c(c(Cl)nc3c2c(=O)n(C)c(=O)n3C)c1C. The molecule has 3 heterocycles. The first-order chi connectivity index (χ1) is 9.34. The van der Waals surface area contributed by atoms with Crippen LogP contribution in [0.25, 0.3) is 21.9 Å². The lowest BCUT2D eigenvalue weighted by atomic mass is 10.2. The molecule has 0 aromatic carbocycles. The van der Waals surface area contributed by atoms with Gasteiger partial charge in [0.25, 0.3) is 5.56 Å². The van der Waals surface area contributed by atoms with Gasteiger partial charge in [-0.1, -0.05) is 11.6 Å². The molecule has 0 aliphatic carbocycles. The summed E-state index contributed by atoms with van der Waals surface area (Å²) in [6, 6.07) is 0. The molecule has 0 fully saturated rings. The molecular formula is C13H13ClN4O2. The van der Waals surface area contributed by atoms with Crippen molar-refractivity contribution in [1.29, 1.82) is 0 Å².